The van der Waals surface area contributed by atoms with Crippen LogP contribution in [0.25, 0.3) is 10.8 Å². The number of aromatic nitrogens is 3. The number of carbonyl (C=O) groups is 2. The molecule has 0 radical (unpaired) electrons. The molecule has 15 nitrogen and oxygen atoms in total. The second-order valence-electron chi connectivity index (χ2n) is 12.6. The Labute approximate surface area is 315 Å². The Morgan fingerprint density at radius 2 is 1.06 bits per heavy atom. The van der Waals surface area contributed by atoms with Gasteiger partial charge in [0.2, 0.25) is 17.2 Å². The minimum absolute atomic E-state index is 0.0867. The van der Waals surface area contributed by atoms with Gasteiger partial charge >= 0.3 is 12.1 Å². The zero-order valence-electron chi connectivity index (χ0n) is 30.0. The topological polar surface area (TPSA) is 222 Å². The molecule has 0 bridgehead atoms. The van der Waals surface area contributed by atoms with E-state index in [0.717, 1.165) is 33.0 Å². The molecular weight excluding hydrogens is 706 g/mol. The zero-order chi connectivity index (χ0) is 38.5. The predicted molar refractivity (Wildman–Crippen MR) is 213 cm³/mol. The molecule has 1 heterocycles. The van der Waals surface area contributed by atoms with E-state index >= 15 is 0 Å². The number of halogens is 1. The number of benzene rings is 5. The summed E-state index contributed by atoms with van der Waals surface area (Å²) in [6.07, 6.45) is 0. The number of anilines is 6. The van der Waals surface area contributed by atoms with Crippen LogP contribution in [0.3, 0.4) is 0 Å². The highest BCUT2D eigenvalue weighted by atomic mass is 35.5. The van der Waals surface area contributed by atoms with Crippen LogP contribution in [-0.4, -0.2) is 27.0 Å². The Bertz CT molecular complexity index is 2500. The van der Waals surface area contributed by atoms with Gasteiger partial charge in [0.15, 0.2) is 0 Å². The van der Waals surface area contributed by atoms with Gasteiger partial charge in [-0.3, -0.25) is 0 Å². The molecule has 6 aromatic rings. The highest BCUT2D eigenvalue weighted by Gasteiger charge is 2.13. The van der Waals surface area contributed by atoms with Gasteiger partial charge in [-0.1, -0.05) is 35.4 Å². The first-order valence-corrected chi connectivity index (χ1v) is 17.0. The summed E-state index contributed by atoms with van der Waals surface area (Å²) < 4.78 is 0. The number of primary amides is 2. The normalized spacial score (nSPS) is 11.3. The van der Waals surface area contributed by atoms with Crippen molar-refractivity contribution in [1.29, 1.82) is 0 Å². The van der Waals surface area contributed by atoms with Crippen LogP contribution in [-0.2, 0) is 0 Å². The fourth-order valence-corrected chi connectivity index (χ4v) is 5.87. The number of nitrogens with one attached hydrogen (secondary N) is 4. The Hall–Kier alpha value is -7.00. The fourth-order valence-electron chi connectivity index (χ4n) is 5.71. The first kappa shape index (κ1) is 36.8. The minimum atomic E-state index is -0.783. The van der Waals surface area contributed by atoms with E-state index in [1.54, 1.807) is 36.4 Å². The van der Waals surface area contributed by atoms with E-state index in [0.29, 0.717) is 45.5 Å². The molecule has 0 unspecified atom stereocenters. The second kappa shape index (κ2) is 15.7. The molecule has 272 valence electrons. The second-order valence-corrected chi connectivity index (χ2v) is 12.9. The summed E-state index contributed by atoms with van der Waals surface area (Å²) in [5.74, 6) is 0.174. The summed E-state index contributed by atoms with van der Waals surface area (Å²) in [5, 5.41) is 31.0. The van der Waals surface area contributed by atoms with Gasteiger partial charge in [0.25, 0.3) is 0 Å². The maximum absolute atomic E-state index is 11.9. The third kappa shape index (κ3) is 9.07. The summed E-state index contributed by atoms with van der Waals surface area (Å²) >= 11 is 6.28. The van der Waals surface area contributed by atoms with E-state index < -0.39 is 12.1 Å². The Balaban J connectivity index is 1.23. The van der Waals surface area contributed by atoms with Crippen LogP contribution in [0.5, 0.6) is 0 Å². The van der Waals surface area contributed by atoms with Crippen molar-refractivity contribution in [3.8, 4) is 0 Å². The molecule has 0 fully saturated rings. The number of nitrogens with zero attached hydrogens (tertiary/aromatic N) is 7. The van der Waals surface area contributed by atoms with Crippen molar-refractivity contribution in [3.05, 3.63) is 112 Å². The molecular formula is C38H36ClN13O2. The van der Waals surface area contributed by atoms with Crippen LogP contribution in [0, 0.1) is 34.6 Å². The van der Waals surface area contributed by atoms with Crippen molar-refractivity contribution in [2.24, 2.45) is 31.9 Å². The van der Waals surface area contributed by atoms with Gasteiger partial charge in [0.05, 0.1) is 22.7 Å². The van der Waals surface area contributed by atoms with Crippen molar-refractivity contribution in [3.63, 3.8) is 0 Å². The Morgan fingerprint density at radius 3 is 1.61 bits per heavy atom. The maximum Gasteiger partial charge on any atom is 0.316 e. The molecule has 16 heteroatoms. The lowest BCUT2D eigenvalue weighted by molar-refractivity contribution is 0.258. The van der Waals surface area contributed by atoms with E-state index in [1.165, 1.54) is 5.56 Å². The van der Waals surface area contributed by atoms with Gasteiger partial charge in [-0.15, -0.1) is 10.2 Å². The summed E-state index contributed by atoms with van der Waals surface area (Å²) in [5.41, 5.74) is 19.9. The van der Waals surface area contributed by atoms with Crippen molar-refractivity contribution in [1.82, 2.24) is 15.0 Å². The van der Waals surface area contributed by atoms with Crippen LogP contribution in [0.2, 0.25) is 5.28 Å². The van der Waals surface area contributed by atoms with Gasteiger partial charge in [-0.25, -0.2) is 9.59 Å². The van der Waals surface area contributed by atoms with E-state index in [2.05, 4.69) is 88.7 Å². The number of azo groups is 2. The van der Waals surface area contributed by atoms with Crippen molar-refractivity contribution in [2.75, 3.05) is 21.3 Å². The number of hydrogen-bond donors (Lipinski definition) is 6. The number of nitrogens with two attached hydrogens (primary N) is 2. The van der Waals surface area contributed by atoms with Gasteiger partial charge in [-0.05, 0) is 128 Å². The van der Waals surface area contributed by atoms with Crippen LogP contribution in [0.15, 0.2) is 99.3 Å². The molecule has 6 rings (SSSR count). The lowest BCUT2D eigenvalue weighted by Gasteiger charge is -2.12. The van der Waals surface area contributed by atoms with Crippen LogP contribution >= 0.6 is 11.6 Å². The minimum Gasteiger partial charge on any atom is -0.351 e. The van der Waals surface area contributed by atoms with Crippen LogP contribution in [0.1, 0.15) is 27.8 Å². The first-order chi connectivity index (χ1) is 25.8. The number of amides is 4. The average Bonchev–Trinajstić information content (AvgIpc) is 3.07. The van der Waals surface area contributed by atoms with Crippen molar-refractivity contribution in [2.45, 2.75) is 34.6 Å². The molecule has 0 atom stereocenters. The molecule has 0 saturated heterocycles. The zero-order valence-corrected chi connectivity index (χ0v) is 30.7. The molecule has 8 N–H and O–H groups in total. The predicted octanol–water partition coefficient (Wildman–Crippen LogP) is 10.5. The largest absolute Gasteiger partial charge is 0.351 e. The lowest BCUT2D eigenvalue weighted by Crippen LogP contribution is -2.19. The number of aryl methyl sites for hydroxylation is 5. The molecule has 0 aliphatic rings. The Morgan fingerprint density at radius 1 is 0.556 bits per heavy atom. The highest BCUT2D eigenvalue weighted by molar-refractivity contribution is 6.28. The maximum atomic E-state index is 11.9. The molecule has 5 aromatic carbocycles. The molecule has 4 amide bonds. The van der Waals surface area contributed by atoms with Gasteiger partial charge < -0.3 is 32.7 Å². The van der Waals surface area contributed by atoms with Crippen LogP contribution in [0.4, 0.5) is 67.0 Å². The van der Waals surface area contributed by atoms with E-state index in [-0.39, 0.29) is 17.2 Å². The smallest absolute Gasteiger partial charge is 0.316 e. The third-order valence-electron chi connectivity index (χ3n) is 8.13. The lowest BCUT2D eigenvalue weighted by atomic mass is 9.99. The number of fused-ring (bicyclic) bond motifs is 1. The molecule has 0 aliphatic carbocycles. The number of hydrogen-bond acceptors (Lipinski definition) is 11. The molecule has 0 aliphatic heterocycles. The quantitative estimate of drug-likeness (QED) is 0.0744. The number of rotatable bonds is 10. The summed E-state index contributed by atoms with van der Waals surface area (Å²) in [4.78, 5) is 36.5. The molecule has 1 aromatic heterocycles. The summed E-state index contributed by atoms with van der Waals surface area (Å²) in [6, 6.07) is 22.5. The first-order valence-electron chi connectivity index (χ1n) is 16.6. The Kier molecular flexibility index (Phi) is 10.7. The van der Waals surface area contributed by atoms with Crippen molar-refractivity contribution >= 4 is 91.8 Å². The van der Waals surface area contributed by atoms with Crippen molar-refractivity contribution < 1.29 is 9.59 Å². The standard InChI is InChI=1S/C38H36ClN13O2/c1-19-6-9-28(22(4)12-19)49-50-29-10-7-25(16-32(29)44-35(40)53)42-37-46-34(39)47-38(48-37)43-26-8-11-30(33(17-26)45-36(41)54)51-52-31-18-27-21(3)13-20(2)14-24(27)15-23(31)5/h6-18H,1-5H3,(H3,40,44,53)(H3,41,45,54)(H2,42,43,46,47,48). The van der Waals surface area contributed by atoms with E-state index in [9.17, 15) is 9.59 Å². The molecule has 0 saturated carbocycles. The molecule has 0 spiro atoms. The van der Waals surface area contributed by atoms with E-state index in [4.69, 9.17) is 23.1 Å². The van der Waals surface area contributed by atoms with Gasteiger partial charge in [0, 0.05) is 11.4 Å². The average molecular weight is 742 g/mol. The molecule has 54 heavy (non-hydrogen) atoms. The monoisotopic (exact) mass is 741 g/mol. The number of carbonyl (C=O) groups excluding carboxylic acids is 2. The fraction of sp³-hybridized carbons (Fsp3) is 0.132. The highest BCUT2D eigenvalue weighted by Crippen LogP contribution is 2.35. The SMILES string of the molecule is Cc1ccc(N=Nc2ccc(Nc3nc(Cl)nc(Nc4ccc(N=Nc5cc6c(C)cc(C)cc6cc5C)c(NC(N)=O)c4)n3)cc2NC(N)=O)c(C)c1. The third-order valence-corrected chi connectivity index (χ3v) is 8.30. The van der Waals surface area contributed by atoms with Gasteiger partial charge in [-0.2, -0.15) is 25.2 Å². The number of urea groups is 2. The summed E-state index contributed by atoms with van der Waals surface area (Å²) in [7, 11) is 0. The van der Waals surface area contributed by atoms with E-state index in [1.807, 2.05) is 45.0 Å². The van der Waals surface area contributed by atoms with Crippen LogP contribution < -0.4 is 32.7 Å². The van der Waals surface area contributed by atoms with Gasteiger partial charge in [0.1, 0.15) is 11.4 Å². The summed E-state index contributed by atoms with van der Waals surface area (Å²) in [6.45, 7) is 10.0.